The molecule has 0 spiro atoms. The fourth-order valence-electron chi connectivity index (χ4n) is 1.12. The average Bonchev–Trinajstić information content (AvgIpc) is 2.29. The molecular weight excluding hydrogens is 308 g/mol. The Morgan fingerprint density at radius 1 is 1.53 bits per heavy atom. The summed E-state index contributed by atoms with van der Waals surface area (Å²) in [5, 5.41) is 2.54. The molecule has 94 valence electrons. The van der Waals surface area contributed by atoms with Crippen molar-refractivity contribution in [3.63, 3.8) is 0 Å². The number of pyridine rings is 1. The molecule has 0 aliphatic heterocycles. The van der Waals surface area contributed by atoms with Crippen molar-refractivity contribution in [1.82, 2.24) is 10.3 Å². The summed E-state index contributed by atoms with van der Waals surface area (Å²) >= 11 is 3.15. The van der Waals surface area contributed by atoms with Crippen LogP contribution in [-0.2, 0) is 9.84 Å². The van der Waals surface area contributed by atoms with Gasteiger partial charge in [0.2, 0.25) is 0 Å². The van der Waals surface area contributed by atoms with Crippen LogP contribution in [0.5, 0.6) is 0 Å². The van der Waals surface area contributed by atoms with Crippen LogP contribution >= 0.6 is 15.9 Å². The maximum atomic E-state index is 11.7. The Hall–Kier alpha value is -0.950. The van der Waals surface area contributed by atoms with Crippen molar-refractivity contribution in [3.8, 4) is 0 Å². The number of nitrogens with one attached hydrogen (secondary N) is 1. The topological polar surface area (TPSA) is 76.1 Å². The van der Waals surface area contributed by atoms with Gasteiger partial charge in [0.1, 0.15) is 4.60 Å². The number of hydrogen-bond donors (Lipinski definition) is 1. The highest BCUT2D eigenvalue weighted by atomic mass is 79.9. The van der Waals surface area contributed by atoms with Crippen LogP contribution in [0.3, 0.4) is 0 Å². The second-order valence-corrected chi connectivity index (χ2v) is 6.56. The van der Waals surface area contributed by atoms with E-state index in [4.69, 9.17) is 0 Å². The van der Waals surface area contributed by atoms with Gasteiger partial charge in [-0.1, -0.05) is 6.92 Å². The molecule has 7 heteroatoms. The van der Waals surface area contributed by atoms with E-state index in [0.29, 0.717) is 10.2 Å². The number of nitrogens with zero attached hydrogens (tertiary/aromatic N) is 1. The van der Waals surface area contributed by atoms with Gasteiger partial charge in [-0.25, -0.2) is 13.4 Å². The van der Waals surface area contributed by atoms with Gasteiger partial charge in [-0.3, -0.25) is 4.79 Å². The van der Waals surface area contributed by atoms with Crippen molar-refractivity contribution in [1.29, 1.82) is 0 Å². The first-order chi connectivity index (χ1) is 7.96. The number of rotatable bonds is 5. The van der Waals surface area contributed by atoms with Crippen LogP contribution in [0.15, 0.2) is 22.9 Å². The van der Waals surface area contributed by atoms with Crippen LogP contribution < -0.4 is 5.32 Å². The van der Waals surface area contributed by atoms with Crippen molar-refractivity contribution in [2.45, 2.75) is 6.92 Å². The molecule has 0 aliphatic rings. The van der Waals surface area contributed by atoms with E-state index in [1.165, 1.54) is 0 Å². The monoisotopic (exact) mass is 320 g/mol. The number of aromatic nitrogens is 1. The third-order valence-electron chi connectivity index (χ3n) is 2.14. The van der Waals surface area contributed by atoms with Crippen molar-refractivity contribution in [2.75, 3.05) is 18.1 Å². The number of carbonyl (C=O) groups is 1. The SMILES string of the molecule is CCS(=O)(=O)CCNC(=O)c1cccnc1Br. The molecule has 1 aromatic heterocycles. The fourth-order valence-corrected chi connectivity index (χ4v) is 2.25. The lowest BCUT2D eigenvalue weighted by molar-refractivity contribution is 0.0955. The average molecular weight is 321 g/mol. The van der Waals surface area contributed by atoms with Crippen LogP contribution in [0.2, 0.25) is 0 Å². The van der Waals surface area contributed by atoms with Crippen LogP contribution in [0.25, 0.3) is 0 Å². The zero-order valence-electron chi connectivity index (χ0n) is 9.31. The number of hydrogen-bond acceptors (Lipinski definition) is 4. The molecule has 0 atom stereocenters. The van der Waals surface area contributed by atoms with E-state index >= 15 is 0 Å². The minimum Gasteiger partial charge on any atom is -0.351 e. The van der Waals surface area contributed by atoms with Crippen LogP contribution in [0.1, 0.15) is 17.3 Å². The standard InChI is InChI=1S/C10H13BrN2O3S/c1-2-17(15,16)7-6-13-10(14)8-4-3-5-12-9(8)11/h3-5H,2,6-7H2,1H3,(H,13,14). The lowest BCUT2D eigenvalue weighted by atomic mass is 10.3. The first-order valence-corrected chi connectivity index (χ1v) is 7.67. The molecule has 1 rings (SSSR count). The molecule has 0 aliphatic carbocycles. The highest BCUT2D eigenvalue weighted by Crippen LogP contribution is 2.11. The Morgan fingerprint density at radius 3 is 2.82 bits per heavy atom. The van der Waals surface area contributed by atoms with Crippen LogP contribution in [-0.4, -0.2) is 37.4 Å². The van der Waals surface area contributed by atoms with E-state index in [1.807, 2.05) is 0 Å². The summed E-state index contributed by atoms with van der Waals surface area (Å²) in [7, 11) is -3.05. The summed E-state index contributed by atoms with van der Waals surface area (Å²) in [5.41, 5.74) is 0.390. The predicted octanol–water partition coefficient (Wildman–Crippen LogP) is 1.01. The smallest absolute Gasteiger partial charge is 0.254 e. The normalized spacial score (nSPS) is 11.2. The number of carbonyl (C=O) groups excluding carboxylic acids is 1. The molecule has 0 saturated heterocycles. The molecule has 1 N–H and O–H groups in total. The molecule has 1 heterocycles. The molecule has 0 bridgehead atoms. The highest BCUT2D eigenvalue weighted by molar-refractivity contribution is 9.10. The predicted molar refractivity (Wildman–Crippen MR) is 68.6 cm³/mol. The number of halogens is 1. The molecular formula is C10H13BrN2O3S. The fraction of sp³-hybridized carbons (Fsp3) is 0.400. The van der Waals surface area contributed by atoms with Gasteiger partial charge in [-0.15, -0.1) is 0 Å². The molecule has 0 aromatic carbocycles. The molecule has 0 unspecified atom stereocenters. The van der Waals surface area contributed by atoms with E-state index in [9.17, 15) is 13.2 Å². The van der Waals surface area contributed by atoms with Gasteiger partial charge in [-0.2, -0.15) is 0 Å². The summed E-state index contributed by atoms with van der Waals surface area (Å²) in [6.45, 7) is 1.69. The number of amides is 1. The highest BCUT2D eigenvalue weighted by Gasteiger charge is 2.12. The van der Waals surface area contributed by atoms with Gasteiger partial charge < -0.3 is 5.32 Å². The Morgan fingerprint density at radius 2 is 2.24 bits per heavy atom. The summed E-state index contributed by atoms with van der Waals surface area (Å²) < 4.78 is 22.9. The lowest BCUT2D eigenvalue weighted by Crippen LogP contribution is -2.29. The van der Waals surface area contributed by atoms with Crippen molar-refractivity contribution >= 4 is 31.7 Å². The molecule has 5 nitrogen and oxygen atoms in total. The second kappa shape index (κ2) is 6.11. The van der Waals surface area contributed by atoms with Gasteiger partial charge in [-0.05, 0) is 28.1 Å². The largest absolute Gasteiger partial charge is 0.351 e. The maximum Gasteiger partial charge on any atom is 0.254 e. The molecule has 17 heavy (non-hydrogen) atoms. The maximum absolute atomic E-state index is 11.7. The molecule has 0 saturated carbocycles. The molecule has 0 fully saturated rings. The zero-order valence-corrected chi connectivity index (χ0v) is 11.7. The minimum absolute atomic E-state index is 0.0485. The van der Waals surface area contributed by atoms with E-state index in [-0.39, 0.29) is 24.0 Å². The van der Waals surface area contributed by atoms with Crippen molar-refractivity contribution in [3.05, 3.63) is 28.5 Å². The third kappa shape index (κ3) is 4.43. The van der Waals surface area contributed by atoms with E-state index < -0.39 is 9.84 Å². The second-order valence-electron chi connectivity index (χ2n) is 3.33. The quantitative estimate of drug-likeness (QED) is 0.821. The summed E-state index contributed by atoms with van der Waals surface area (Å²) in [6, 6.07) is 3.25. The van der Waals surface area contributed by atoms with Gasteiger partial charge in [0.25, 0.3) is 5.91 Å². The summed E-state index contributed by atoms with van der Waals surface area (Å²) in [5.74, 6) is -0.302. The van der Waals surface area contributed by atoms with Gasteiger partial charge >= 0.3 is 0 Å². The van der Waals surface area contributed by atoms with Crippen LogP contribution in [0.4, 0.5) is 0 Å². The van der Waals surface area contributed by atoms with Crippen molar-refractivity contribution in [2.24, 2.45) is 0 Å². The first-order valence-electron chi connectivity index (χ1n) is 5.05. The van der Waals surface area contributed by atoms with E-state index in [2.05, 4.69) is 26.2 Å². The molecule has 0 radical (unpaired) electrons. The van der Waals surface area contributed by atoms with E-state index in [0.717, 1.165) is 0 Å². The Kier molecular flexibility index (Phi) is 5.07. The third-order valence-corrected chi connectivity index (χ3v) is 4.48. The summed E-state index contributed by atoms with van der Waals surface area (Å²) in [6.07, 6.45) is 1.56. The van der Waals surface area contributed by atoms with Crippen LogP contribution in [0, 0.1) is 0 Å². The lowest BCUT2D eigenvalue weighted by Gasteiger charge is -2.06. The van der Waals surface area contributed by atoms with Gasteiger partial charge in [0, 0.05) is 18.5 Å². The molecule has 1 aromatic rings. The summed E-state index contributed by atoms with van der Waals surface area (Å²) in [4.78, 5) is 15.6. The Bertz CT molecular complexity index is 502. The zero-order chi connectivity index (χ0) is 12.9. The first kappa shape index (κ1) is 14.1. The Balaban J connectivity index is 2.55. The Labute approximate surface area is 109 Å². The van der Waals surface area contributed by atoms with Gasteiger partial charge in [0.15, 0.2) is 9.84 Å². The van der Waals surface area contributed by atoms with Crippen molar-refractivity contribution < 1.29 is 13.2 Å². The van der Waals surface area contributed by atoms with Gasteiger partial charge in [0.05, 0.1) is 11.3 Å². The number of sulfone groups is 1. The molecule has 1 amide bonds. The minimum atomic E-state index is -3.05. The van der Waals surface area contributed by atoms with E-state index in [1.54, 1.807) is 25.3 Å².